The van der Waals surface area contributed by atoms with Gasteiger partial charge in [-0.15, -0.1) is 0 Å². The van der Waals surface area contributed by atoms with E-state index in [9.17, 15) is 9.59 Å². The van der Waals surface area contributed by atoms with E-state index in [4.69, 9.17) is 33.7 Å². The van der Waals surface area contributed by atoms with Gasteiger partial charge in [0, 0.05) is 10.7 Å². The zero-order valence-electron chi connectivity index (χ0n) is 13.1. The Morgan fingerprint density at radius 3 is 2.62 bits per heavy atom. The van der Waals surface area contributed by atoms with Gasteiger partial charge in [0.1, 0.15) is 0 Å². The molecule has 0 aliphatic heterocycles. The Bertz CT molecular complexity index is 793. The number of amides is 1. The van der Waals surface area contributed by atoms with E-state index >= 15 is 0 Å². The third kappa shape index (κ3) is 4.19. The fourth-order valence-electron chi connectivity index (χ4n) is 1.96. The fraction of sp³-hybridized carbons (Fsp3) is 0.176. The van der Waals surface area contributed by atoms with Gasteiger partial charge in [0.25, 0.3) is 5.91 Å². The van der Waals surface area contributed by atoms with Crippen molar-refractivity contribution in [3.05, 3.63) is 57.6 Å². The van der Waals surface area contributed by atoms with Crippen molar-refractivity contribution in [2.24, 2.45) is 0 Å². The molecule has 0 fully saturated rings. The van der Waals surface area contributed by atoms with E-state index in [1.807, 2.05) is 0 Å². The lowest BCUT2D eigenvalue weighted by molar-refractivity contribution is -0.123. The minimum absolute atomic E-state index is 0.218. The highest BCUT2D eigenvalue weighted by molar-refractivity contribution is 6.35. The van der Waals surface area contributed by atoms with Gasteiger partial charge in [-0.25, -0.2) is 4.79 Å². The average molecular weight is 367 g/mol. The second kappa shape index (κ2) is 7.55. The zero-order valence-corrected chi connectivity index (χ0v) is 14.6. The number of carbonyl (C=O) groups is 2. The van der Waals surface area contributed by atoms with Crippen molar-refractivity contribution >= 4 is 46.5 Å². The molecule has 1 unspecified atom stereocenters. The zero-order chi connectivity index (χ0) is 17.9. The number of benzene rings is 2. The highest BCUT2D eigenvalue weighted by Crippen LogP contribution is 2.25. The van der Waals surface area contributed by atoms with Crippen molar-refractivity contribution in [2.75, 3.05) is 11.1 Å². The Labute approximate surface area is 149 Å². The first kappa shape index (κ1) is 18.1. The lowest BCUT2D eigenvalue weighted by Gasteiger charge is -2.15. The molecule has 24 heavy (non-hydrogen) atoms. The maximum atomic E-state index is 12.2. The monoisotopic (exact) mass is 366 g/mol. The summed E-state index contributed by atoms with van der Waals surface area (Å²) in [6, 6.07) is 9.69. The predicted octanol–water partition coefficient (Wildman–Crippen LogP) is 4.07. The van der Waals surface area contributed by atoms with E-state index in [0.29, 0.717) is 21.4 Å². The van der Waals surface area contributed by atoms with Gasteiger partial charge in [0.2, 0.25) is 0 Å². The van der Waals surface area contributed by atoms with Gasteiger partial charge >= 0.3 is 5.97 Å². The number of halogens is 2. The quantitative estimate of drug-likeness (QED) is 0.631. The third-order valence-corrected chi connectivity index (χ3v) is 3.95. The second-order valence-corrected chi connectivity index (χ2v) is 6.04. The summed E-state index contributed by atoms with van der Waals surface area (Å²) in [5.41, 5.74) is 7.50. The number of aryl methyl sites for hydroxylation is 1. The summed E-state index contributed by atoms with van der Waals surface area (Å²) >= 11 is 11.9. The van der Waals surface area contributed by atoms with Gasteiger partial charge in [-0.05, 0) is 43.7 Å². The molecule has 0 aliphatic carbocycles. The van der Waals surface area contributed by atoms with Gasteiger partial charge in [0.05, 0.1) is 16.3 Å². The molecule has 5 nitrogen and oxygen atoms in total. The molecule has 3 N–H and O–H groups in total. The normalized spacial score (nSPS) is 11.7. The summed E-state index contributed by atoms with van der Waals surface area (Å²) in [7, 11) is 0. The van der Waals surface area contributed by atoms with Crippen LogP contribution in [0.5, 0.6) is 0 Å². The Kier molecular flexibility index (Phi) is 5.70. The van der Waals surface area contributed by atoms with Gasteiger partial charge in [-0.1, -0.05) is 35.3 Å². The van der Waals surface area contributed by atoms with Crippen LogP contribution >= 0.6 is 23.2 Å². The number of para-hydroxylation sites is 1. The Hall–Kier alpha value is -2.24. The number of esters is 1. The minimum atomic E-state index is -1.03. The molecular formula is C17H16Cl2N2O3. The number of carbonyl (C=O) groups excluding carboxylic acids is 2. The average Bonchev–Trinajstić information content (AvgIpc) is 2.53. The molecule has 0 saturated carbocycles. The Balaban J connectivity index is 2.07. The summed E-state index contributed by atoms with van der Waals surface area (Å²) in [5, 5.41) is 3.32. The number of hydrogen-bond donors (Lipinski definition) is 2. The lowest BCUT2D eigenvalue weighted by Crippen LogP contribution is -2.30. The van der Waals surface area contributed by atoms with Crippen LogP contribution in [0.3, 0.4) is 0 Å². The van der Waals surface area contributed by atoms with Crippen LogP contribution in [-0.4, -0.2) is 18.0 Å². The maximum Gasteiger partial charge on any atom is 0.341 e. The number of anilines is 2. The Morgan fingerprint density at radius 2 is 1.92 bits per heavy atom. The second-order valence-electron chi connectivity index (χ2n) is 5.20. The topological polar surface area (TPSA) is 81.4 Å². The summed E-state index contributed by atoms with van der Waals surface area (Å²) in [5.74, 6) is -1.20. The van der Waals surface area contributed by atoms with Crippen LogP contribution in [0.25, 0.3) is 0 Å². The van der Waals surface area contributed by atoms with Crippen LogP contribution in [0.2, 0.25) is 10.0 Å². The molecular weight excluding hydrogens is 351 g/mol. The van der Waals surface area contributed by atoms with Crippen LogP contribution in [0.1, 0.15) is 22.8 Å². The van der Waals surface area contributed by atoms with E-state index in [1.165, 1.54) is 13.0 Å². The molecule has 0 radical (unpaired) electrons. The van der Waals surface area contributed by atoms with Gasteiger partial charge in [-0.3, -0.25) is 4.79 Å². The summed E-state index contributed by atoms with van der Waals surface area (Å²) < 4.78 is 5.17. The van der Waals surface area contributed by atoms with Crippen molar-refractivity contribution < 1.29 is 14.3 Å². The van der Waals surface area contributed by atoms with E-state index in [1.54, 1.807) is 37.3 Å². The molecule has 1 atom stereocenters. The molecule has 126 valence electrons. The number of nitrogens with two attached hydrogens (primary N) is 1. The molecule has 0 spiro atoms. The van der Waals surface area contributed by atoms with E-state index in [2.05, 4.69) is 5.32 Å². The first-order valence-electron chi connectivity index (χ1n) is 7.11. The largest absolute Gasteiger partial charge is 0.449 e. The number of rotatable bonds is 4. The van der Waals surface area contributed by atoms with E-state index in [0.717, 1.165) is 5.56 Å². The van der Waals surface area contributed by atoms with Crippen molar-refractivity contribution in [1.82, 2.24) is 0 Å². The van der Waals surface area contributed by atoms with Crippen LogP contribution < -0.4 is 11.1 Å². The number of nitrogen functional groups attached to an aromatic ring is 1. The summed E-state index contributed by atoms with van der Waals surface area (Å²) in [4.78, 5) is 24.4. The molecule has 7 heteroatoms. The molecule has 0 heterocycles. The van der Waals surface area contributed by atoms with Crippen LogP contribution in [-0.2, 0) is 9.53 Å². The molecule has 0 saturated heterocycles. The first-order valence-corrected chi connectivity index (χ1v) is 7.87. The molecule has 2 aromatic carbocycles. The van der Waals surface area contributed by atoms with Gasteiger partial charge < -0.3 is 15.8 Å². The predicted molar refractivity (Wildman–Crippen MR) is 95.6 cm³/mol. The smallest absolute Gasteiger partial charge is 0.341 e. The van der Waals surface area contributed by atoms with E-state index < -0.39 is 18.0 Å². The highest BCUT2D eigenvalue weighted by atomic mass is 35.5. The first-order chi connectivity index (χ1) is 11.3. The molecule has 2 aromatic rings. The standard InChI is InChI=1S/C17H16Cl2N2O3/c1-9-4-3-5-12(15(9)20)17(23)24-10(2)16(22)21-14-8-11(18)6-7-13(14)19/h3-8,10H,20H2,1-2H3,(H,21,22). The molecule has 1 amide bonds. The molecule has 0 bridgehead atoms. The Morgan fingerprint density at radius 1 is 1.21 bits per heavy atom. The molecule has 0 aliphatic rings. The number of ether oxygens (including phenoxy) is 1. The summed E-state index contributed by atoms with van der Waals surface area (Å²) in [6.07, 6.45) is -1.03. The number of nitrogens with one attached hydrogen (secondary N) is 1. The molecule has 0 aromatic heterocycles. The fourth-order valence-corrected chi connectivity index (χ4v) is 2.30. The van der Waals surface area contributed by atoms with Crippen LogP contribution in [0.15, 0.2) is 36.4 Å². The van der Waals surface area contributed by atoms with Crippen molar-refractivity contribution in [3.8, 4) is 0 Å². The number of hydrogen-bond acceptors (Lipinski definition) is 4. The van der Waals surface area contributed by atoms with Crippen molar-refractivity contribution in [2.45, 2.75) is 20.0 Å². The van der Waals surface area contributed by atoms with Crippen LogP contribution in [0.4, 0.5) is 11.4 Å². The van der Waals surface area contributed by atoms with Gasteiger partial charge in [0.15, 0.2) is 6.10 Å². The van der Waals surface area contributed by atoms with Crippen molar-refractivity contribution in [1.29, 1.82) is 0 Å². The van der Waals surface area contributed by atoms with Gasteiger partial charge in [-0.2, -0.15) is 0 Å². The summed E-state index contributed by atoms with van der Waals surface area (Å²) in [6.45, 7) is 3.24. The molecule has 2 rings (SSSR count). The lowest BCUT2D eigenvalue weighted by atomic mass is 10.1. The van der Waals surface area contributed by atoms with Crippen molar-refractivity contribution in [3.63, 3.8) is 0 Å². The van der Waals surface area contributed by atoms with E-state index in [-0.39, 0.29) is 5.56 Å². The minimum Gasteiger partial charge on any atom is -0.449 e. The SMILES string of the molecule is Cc1cccc(C(=O)OC(C)C(=O)Nc2cc(Cl)ccc2Cl)c1N. The third-order valence-electron chi connectivity index (χ3n) is 3.38. The van der Waals surface area contributed by atoms with Crippen LogP contribution in [0, 0.1) is 6.92 Å². The highest BCUT2D eigenvalue weighted by Gasteiger charge is 2.21. The maximum absolute atomic E-state index is 12.2.